The van der Waals surface area contributed by atoms with Crippen LogP contribution in [0.4, 0.5) is 5.82 Å². The second-order valence-electron chi connectivity index (χ2n) is 5.78. The minimum atomic E-state index is 0.891. The summed E-state index contributed by atoms with van der Waals surface area (Å²) in [7, 11) is 0. The van der Waals surface area contributed by atoms with Crippen LogP contribution >= 0.6 is 0 Å². The van der Waals surface area contributed by atoms with Crippen molar-refractivity contribution >= 4 is 5.82 Å². The van der Waals surface area contributed by atoms with Crippen LogP contribution < -0.4 is 5.32 Å². The number of aryl methyl sites for hydroxylation is 1. The van der Waals surface area contributed by atoms with Crippen molar-refractivity contribution in [2.75, 3.05) is 25.0 Å². The van der Waals surface area contributed by atoms with E-state index in [1.165, 1.54) is 45.2 Å². The Bertz CT molecular complexity index is 397. The molecule has 1 aliphatic rings. The van der Waals surface area contributed by atoms with Crippen LogP contribution in [0.3, 0.4) is 0 Å². The van der Waals surface area contributed by atoms with Crippen LogP contribution in [0.2, 0.25) is 0 Å². The van der Waals surface area contributed by atoms with Gasteiger partial charge in [-0.25, -0.2) is 9.97 Å². The zero-order chi connectivity index (χ0) is 14.2. The molecular weight excluding hydrogens is 248 g/mol. The number of anilines is 1. The smallest absolute Gasteiger partial charge is 0.144 e. The lowest BCUT2D eigenvalue weighted by molar-refractivity contribution is 0.234. The molecule has 112 valence electrons. The first-order chi connectivity index (χ1) is 9.78. The fourth-order valence-corrected chi connectivity index (χ4v) is 2.72. The molecule has 1 aromatic heterocycles. The van der Waals surface area contributed by atoms with E-state index >= 15 is 0 Å². The Balaban J connectivity index is 1.97. The lowest BCUT2D eigenvalue weighted by Gasteiger charge is -2.23. The Hall–Kier alpha value is -1.16. The Kier molecular flexibility index (Phi) is 6.25. The molecule has 20 heavy (non-hydrogen) atoms. The molecule has 4 nitrogen and oxygen atoms in total. The molecule has 1 fully saturated rings. The van der Waals surface area contributed by atoms with Gasteiger partial charge in [0.2, 0.25) is 0 Å². The molecule has 0 spiro atoms. The van der Waals surface area contributed by atoms with Crippen molar-refractivity contribution in [3.63, 3.8) is 0 Å². The van der Waals surface area contributed by atoms with E-state index in [2.05, 4.69) is 34.0 Å². The monoisotopic (exact) mass is 276 g/mol. The highest BCUT2D eigenvalue weighted by atomic mass is 15.2. The molecule has 2 heterocycles. The van der Waals surface area contributed by atoms with Crippen LogP contribution in [0.5, 0.6) is 0 Å². The van der Waals surface area contributed by atoms with Crippen LogP contribution in [0.1, 0.15) is 57.0 Å². The van der Waals surface area contributed by atoms with Crippen molar-refractivity contribution < 1.29 is 0 Å². The minimum Gasteiger partial charge on any atom is -0.370 e. The Morgan fingerprint density at radius 2 is 1.80 bits per heavy atom. The summed E-state index contributed by atoms with van der Waals surface area (Å²) in [5, 5.41) is 3.37. The average molecular weight is 276 g/mol. The van der Waals surface area contributed by atoms with Crippen LogP contribution in [0, 0.1) is 6.92 Å². The maximum absolute atomic E-state index is 4.66. The van der Waals surface area contributed by atoms with Crippen molar-refractivity contribution in [2.45, 2.75) is 58.9 Å². The first-order valence-corrected chi connectivity index (χ1v) is 8.08. The van der Waals surface area contributed by atoms with Gasteiger partial charge in [-0.1, -0.05) is 26.2 Å². The quantitative estimate of drug-likeness (QED) is 0.895. The van der Waals surface area contributed by atoms with Gasteiger partial charge in [0, 0.05) is 18.3 Å². The summed E-state index contributed by atoms with van der Waals surface area (Å²) in [6.45, 7) is 8.46. The maximum atomic E-state index is 4.66. The molecule has 4 heteroatoms. The summed E-state index contributed by atoms with van der Waals surface area (Å²) in [6.07, 6.45) is 7.88. The molecule has 0 saturated carbocycles. The fourth-order valence-electron chi connectivity index (χ4n) is 2.72. The van der Waals surface area contributed by atoms with Gasteiger partial charge in [0.05, 0.1) is 6.54 Å². The van der Waals surface area contributed by atoms with E-state index < -0.39 is 0 Å². The summed E-state index contributed by atoms with van der Waals surface area (Å²) in [4.78, 5) is 11.8. The van der Waals surface area contributed by atoms with Gasteiger partial charge in [0.15, 0.2) is 0 Å². The molecule has 1 aromatic rings. The Labute approximate surface area is 123 Å². The summed E-state index contributed by atoms with van der Waals surface area (Å²) >= 11 is 0. The number of hydrogen-bond donors (Lipinski definition) is 1. The van der Waals surface area contributed by atoms with Crippen molar-refractivity contribution in [3.8, 4) is 0 Å². The lowest BCUT2D eigenvalue weighted by Crippen LogP contribution is -2.28. The molecule has 0 radical (unpaired) electrons. The van der Waals surface area contributed by atoms with E-state index in [4.69, 9.17) is 0 Å². The normalized spacial score (nSPS) is 17.5. The number of nitrogens with one attached hydrogen (secondary N) is 1. The molecule has 0 amide bonds. The number of rotatable bonds is 5. The van der Waals surface area contributed by atoms with Gasteiger partial charge < -0.3 is 5.32 Å². The van der Waals surface area contributed by atoms with E-state index in [1.54, 1.807) is 0 Å². The second-order valence-corrected chi connectivity index (χ2v) is 5.78. The van der Waals surface area contributed by atoms with Gasteiger partial charge >= 0.3 is 0 Å². The first kappa shape index (κ1) is 15.2. The molecule has 1 N–H and O–H groups in total. The van der Waals surface area contributed by atoms with Crippen molar-refractivity contribution in [1.82, 2.24) is 14.9 Å². The average Bonchev–Trinajstić information content (AvgIpc) is 2.39. The third-order valence-corrected chi connectivity index (χ3v) is 3.77. The fraction of sp³-hybridized carbons (Fsp3) is 0.750. The van der Waals surface area contributed by atoms with E-state index in [1.807, 2.05) is 6.07 Å². The van der Waals surface area contributed by atoms with Gasteiger partial charge in [0.25, 0.3) is 0 Å². The summed E-state index contributed by atoms with van der Waals surface area (Å²) in [6, 6.07) is 2.03. The molecule has 2 rings (SSSR count). The summed E-state index contributed by atoms with van der Waals surface area (Å²) in [5.74, 6) is 1.94. The maximum Gasteiger partial charge on any atom is 0.144 e. The summed E-state index contributed by atoms with van der Waals surface area (Å²) < 4.78 is 0. The summed E-state index contributed by atoms with van der Waals surface area (Å²) in [5.41, 5.74) is 1.06. The highest BCUT2D eigenvalue weighted by Crippen LogP contribution is 2.13. The molecule has 0 aliphatic carbocycles. The van der Waals surface area contributed by atoms with E-state index in [0.717, 1.165) is 36.8 Å². The third kappa shape index (κ3) is 5.08. The zero-order valence-electron chi connectivity index (χ0n) is 13.0. The molecule has 0 aromatic carbocycles. The van der Waals surface area contributed by atoms with E-state index in [-0.39, 0.29) is 0 Å². The van der Waals surface area contributed by atoms with E-state index in [0.29, 0.717) is 0 Å². The topological polar surface area (TPSA) is 41.1 Å². The zero-order valence-corrected chi connectivity index (χ0v) is 13.0. The molecule has 0 bridgehead atoms. The second kappa shape index (κ2) is 8.20. The number of aromatic nitrogens is 2. The van der Waals surface area contributed by atoms with Crippen molar-refractivity contribution in [1.29, 1.82) is 0 Å². The van der Waals surface area contributed by atoms with Gasteiger partial charge in [-0.05, 0) is 39.3 Å². The van der Waals surface area contributed by atoms with Crippen molar-refractivity contribution in [3.05, 3.63) is 17.6 Å². The van der Waals surface area contributed by atoms with Crippen LogP contribution in [0.15, 0.2) is 6.07 Å². The molecule has 0 unspecified atom stereocenters. The largest absolute Gasteiger partial charge is 0.370 e. The van der Waals surface area contributed by atoms with E-state index in [9.17, 15) is 0 Å². The van der Waals surface area contributed by atoms with Gasteiger partial charge in [-0.3, -0.25) is 4.90 Å². The first-order valence-electron chi connectivity index (χ1n) is 8.08. The highest BCUT2D eigenvalue weighted by Gasteiger charge is 2.11. The highest BCUT2D eigenvalue weighted by molar-refractivity contribution is 5.35. The molecule has 1 saturated heterocycles. The Morgan fingerprint density at radius 3 is 2.50 bits per heavy atom. The number of likely N-dealkylation sites (tertiary alicyclic amines) is 1. The number of hydrogen-bond acceptors (Lipinski definition) is 4. The standard InChI is InChI=1S/C16H28N4/c1-3-9-17-15-12-14(2)18-16(19-15)13-20-10-7-5-4-6-8-11-20/h12H,3-11,13H2,1-2H3,(H,17,18,19). The molecule has 0 atom stereocenters. The van der Waals surface area contributed by atoms with Crippen LogP contribution in [0.25, 0.3) is 0 Å². The van der Waals surface area contributed by atoms with Gasteiger partial charge in [0.1, 0.15) is 11.6 Å². The third-order valence-electron chi connectivity index (χ3n) is 3.77. The number of nitrogens with zero attached hydrogens (tertiary/aromatic N) is 3. The minimum absolute atomic E-state index is 0.891. The SMILES string of the molecule is CCCNc1cc(C)nc(CN2CCCCCCC2)n1. The van der Waals surface area contributed by atoms with Gasteiger partial charge in [-0.15, -0.1) is 0 Å². The Morgan fingerprint density at radius 1 is 1.10 bits per heavy atom. The molecular formula is C16H28N4. The van der Waals surface area contributed by atoms with Crippen LogP contribution in [-0.4, -0.2) is 34.5 Å². The predicted octanol–water partition coefficient (Wildman–Crippen LogP) is 3.37. The lowest BCUT2D eigenvalue weighted by atomic mass is 10.1. The molecule has 1 aliphatic heterocycles. The van der Waals surface area contributed by atoms with Crippen molar-refractivity contribution in [2.24, 2.45) is 0 Å². The predicted molar refractivity (Wildman–Crippen MR) is 83.9 cm³/mol. The van der Waals surface area contributed by atoms with Crippen LogP contribution in [-0.2, 0) is 6.54 Å². The van der Waals surface area contributed by atoms with Gasteiger partial charge in [-0.2, -0.15) is 0 Å².